The molecule has 2 aromatic carbocycles. The fourth-order valence-corrected chi connectivity index (χ4v) is 3.06. The van der Waals surface area contributed by atoms with Crippen molar-refractivity contribution < 1.29 is 23.9 Å². The van der Waals surface area contributed by atoms with E-state index in [1.807, 2.05) is 30.5 Å². The number of thioether (sulfide) groups is 1. The normalized spacial score (nSPS) is 13.9. The molecule has 0 spiro atoms. The van der Waals surface area contributed by atoms with Crippen LogP contribution in [-0.2, 0) is 9.09 Å². The summed E-state index contributed by atoms with van der Waals surface area (Å²) in [4.78, 5) is 22.2. The number of nitrogens with one attached hydrogen (secondary N) is 1. The van der Waals surface area contributed by atoms with Crippen LogP contribution in [0.25, 0.3) is 0 Å². The Hall–Kier alpha value is -2.16. The number of carbonyl (C=O) groups is 1. The fourth-order valence-electron chi connectivity index (χ4n) is 2.22. The smallest absolute Gasteiger partial charge is 0.394 e. The second kappa shape index (κ2) is 11.0. The Kier molecular flexibility index (Phi) is 8.69. The van der Waals surface area contributed by atoms with Gasteiger partial charge in [-0.2, -0.15) is 10.2 Å². The van der Waals surface area contributed by atoms with E-state index in [1.54, 1.807) is 36.0 Å². The molecule has 0 saturated heterocycles. The van der Waals surface area contributed by atoms with Crippen LogP contribution in [0.2, 0.25) is 0 Å². The molecule has 0 aliphatic heterocycles. The van der Waals surface area contributed by atoms with Crippen LogP contribution in [0.1, 0.15) is 17.3 Å². The lowest BCUT2D eigenvalue weighted by Gasteiger charge is -2.18. The van der Waals surface area contributed by atoms with Crippen LogP contribution in [0.5, 0.6) is 0 Å². The predicted molar refractivity (Wildman–Crippen MR) is 108 cm³/mol. The van der Waals surface area contributed by atoms with Crippen molar-refractivity contribution in [3.8, 4) is 0 Å². The van der Waals surface area contributed by atoms with Gasteiger partial charge in [-0.25, -0.2) is 0 Å². The molecule has 0 aliphatic rings. The molecular formula is C18H21N3O5PS+. The van der Waals surface area contributed by atoms with Gasteiger partial charge in [0.05, 0.1) is 24.0 Å². The summed E-state index contributed by atoms with van der Waals surface area (Å²) in [5, 5.41) is 20.2. The largest absolute Gasteiger partial charge is 0.695 e. The topological polar surface area (TPSA) is 121 Å². The van der Waals surface area contributed by atoms with Crippen LogP contribution in [0.15, 0.2) is 63.7 Å². The lowest BCUT2D eigenvalue weighted by Crippen LogP contribution is -2.45. The summed E-state index contributed by atoms with van der Waals surface area (Å²) in [5.74, 6) is -0.446. The minimum absolute atomic E-state index is 0.349. The van der Waals surface area contributed by atoms with E-state index in [4.69, 9.17) is 9.42 Å². The van der Waals surface area contributed by atoms with E-state index < -0.39 is 32.9 Å². The Labute approximate surface area is 168 Å². The Morgan fingerprint density at radius 1 is 1.14 bits per heavy atom. The SMILES string of the molecule is CSc1ccc(N=Nc2ccc(C(=O)N[C@@H](CO)[C@H](C)O[P+](=O)O)cc2)cc1. The second-order valence-electron chi connectivity index (χ2n) is 5.76. The van der Waals surface area contributed by atoms with Crippen molar-refractivity contribution in [3.63, 3.8) is 0 Å². The number of aliphatic hydroxyl groups is 1. The van der Waals surface area contributed by atoms with Crippen LogP contribution in [0, 0.1) is 0 Å². The van der Waals surface area contributed by atoms with E-state index >= 15 is 0 Å². The van der Waals surface area contributed by atoms with Gasteiger partial charge in [-0.3, -0.25) is 4.79 Å². The fraction of sp³-hybridized carbons (Fsp3) is 0.278. The van der Waals surface area contributed by atoms with E-state index in [-0.39, 0.29) is 0 Å². The van der Waals surface area contributed by atoms with Crippen LogP contribution in [0.4, 0.5) is 11.4 Å². The molecule has 0 aliphatic carbocycles. The number of nitrogens with zero attached hydrogens (tertiary/aromatic N) is 2. The zero-order valence-corrected chi connectivity index (χ0v) is 17.1. The van der Waals surface area contributed by atoms with Gasteiger partial charge in [0, 0.05) is 15.0 Å². The van der Waals surface area contributed by atoms with Crippen LogP contribution >= 0.6 is 20.0 Å². The molecule has 1 unspecified atom stereocenters. The maximum absolute atomic E-state index is 12.3. The lowest BCUT2D eigenvalue weighted by molar-refractivity contribution is 0.0800. The van der Waals surface area contributed by atoms with Crippen molar-refractivity contribution in [1.29, 1.82) is 0 Å². The number of azo groups is 1. The quantitative estimate of drug-likeness (QED) is 0.319. The summed E-state index contributed by atoms with van der Waals surface area (Å²) in [6.07, 6.45) is 1.17. The van der Waals surface area contributed by atoms with Crippen molar-refractivity contribution in [2.75, 3.05) is 12.9 Å². The van der Waals surface area contributed by atoms with E-state index in [1.165, 1.54) is 6.92 Å². The molecule has 0 heterocycles. The predicted octanol–water partition coefficient (Wildman–Crippen LogP) is 3.97. The van der Waals surface area contributed by atoms with Crippen molar-refractivity contribution >= 4 is 37.3 Å². The maximum atomic E-state index is 12.3. The number of hydrogen-bond donors (Lipinski definition) is 3. The van der Waals surface area contributed by atoms with E-state index in [0.717, 1.165) is 10.6 Å². The molecule has 10 heteroatoms. The molecule has 3 atom stereocenters. The summed E-state index contributed by atoms with van der Waals surface area (Å²) < 4.78 is 15.4. The van der Waals surface area contributed by atoms with Gasteiger partial charge >= 0.3 is 8.25 Å². The third-order valence-electron chi connectivity index (χ3n) is 3.82. The van der Waals surface area contributed by atoms with E-state index in [0.29, 0.717) is 11.3 Å². The zero-order valence-electron chi connectivity index (χ0n) is 15.3. The molecule has 1 amide bonds. The van der Waals surface area contributed by atoms with Crippen LogP contribution < -0.4 is 5.32 Å². The number of aliphatic hydroxyl groups excluding tert-OH is 1. The van der Waals surface area contributed by atoms with Gasteiger partial charge in [0.25, 0.3) is 5.91 Å². The van der Waals surface area contributed by atoms with Gasteiger partial charge in [-0.1, -0.05) is 0 Å². The number of benzene rings is 2. The lowest BCUT2D eigenvalue weighted by atomic mass is 10.1. The average Bonchev–Trinajstić information content (AvgIpc) is 2.70. The highest BCUT2D eigenvalue weighted by Crippen LogP contribution is 2.22. The first kappa shape index (κ1) is 22.1. The Bertz CT molecular complexity index is 830. The van der Waals surface area contributed by atoms with Crippen molar-refractivity contribution in [1.82, 2.24) is 5.32 Å². The summed E-state index contributed by atoms with van der Waals surface area (Å²) in [7, 11) is -2.82. The molecule has 0 aromatic heterocycles. The Morgan fingerprint density at radius 2 is 1.68 bits per heavy atom. The van der Waals surface area contributed by atoms with Crippen molar-refractivity contribution in [2.24, 2.45) is 10.2 Å². The first-order chi connectivity index (χ1) is 13.4. The van der Waals surface area contributed by atoms with Crippen molar-refractivity contribution in [2.45, 2.75) is 24.0 Å². The van der Waals surface area contributed by atoms with Gasteiger partial charge in [-0.15, -0.1) is 21.2 Å². The number of rotatable bonds is 9. The average molecular weight is 422 g/mol. The molecular weight excluding hydrogens is 401 g/mol. The number of carbonyl (C=O) groups excluding carboxylic acids is 1. The second-order valence-corrected chi connectivity index (χ2v) is 7.32. The first-order valence-electron chi connectivity index (χ1n) is 8.33. The molecule has 2 aromatic rings. The summed E-state index contributed by atoms with van der Waals surface area (Å²) >= 11 is 1.65. The van der Waals surface area contributed by atoms with Crippen LogP contribution in [0.3, 0.4) is 0 Å². The van der Waals surface area contributed by atoms with E-state index in [2.05, 4.69) is 15.5 Å². The zero-order chi connectivity index (χ0) is 20.5. The Morgan fingerprint density at radius 3 is 2.14 bits per heavy atom. The van der Waals surface area contributed by atoms with Gasteiger partial charge in [0.2, 0.25) is 0 Å². The highest BCUT2D eigenvalue weighted by atomic mass is 32.2. The molecule has 28 heavy (non-hydrogen) atoms. The minimum atomic E-state index is -2.82. The first-order valence-corrected chi connectivity index (χ1v) is 10.7. The number of hydrogen-bond acceptors (Lipinski definition) is 7. The van der Waals surface area contributed by atoms with Gasteiger partial charge in [0.15, 0.2) is 0 Å². The summed E-state index contributed by atoms with van der Waals surface area (Å²) in [6, 6.07) is 13.3. The molecule has 2 rings (SSSR count). The maximum Gasteiger partial charge on any atom is 0.695 e. The standard InChI is InChI=1S/C18H20N3O5PS/c1-12(26-27(24)25)17(11-22)19-18(23)13-3-5-14(6-4-13)20-21-15-7-9-16(28-2)10-8-15/h3-10,12,17,22H,11H2,1-2H3,(H-,19,23,24,25)/p+1/t12-,17-/m0/s1. The van der Waals surface area contributed by atoms with Crippen LogP contribution in [-0.4, -0.2) is 40.9 Å². The molecule has 8 nitrogen and oxygen atoms in total. The molecule has 0 radical (unpaired) electrons. The summed E-state index contributed by atoms with van der Waals surface area (Å²) in [6.45, 7) is 1.05. The molecule has 0 saturated carbocycles. The third-order valence-corrected chi connectivity index (χ3v) is 5.08. The molecule has 3 N–H and O–H groups in total. The highest BCUT2D eigenvalue weighted by molar-refractivity contribution is 7.98. The van der Waals surface area contributed by atoms with Gasteiger partial charge in [0.1, 0.15) is 6.10 Å². The number of amides is 1. The molecule has 0 fully saturated rings. The summed E-state index contributed by atoms with van der Waals surface area (Å²) in [5.41, 5.74) is 1.65. The molecule has 0 bridgehead atoms. The Balaban J connectivity index is 1.99. The van der Waals surface area contributed by atoms with E-state index in [9.17, 15) is 14.5 Å². The van der Waals surface area contributed by atoms with Gasteiger partial charge < -0.3 is 10.4 Å². The van der Waals surface area contributed by atoms with Crippen molar-refractivity contribution in [3.05, 3.63) is 54.1 Å². The van der Waals surface area contributed by atoms with Gasteiger partial charge in [-0.05, 0) is 61.7 Å². The third kappa shape index (κ3) is 6.78. The molecule has 148 valence electrons. The monoisotopic (exact) mass is 422 g/mol. The highest BCUT2D eigenvalue weighted by Gasteiger charge is 2.28. The minimum Gasteiger partial charge on any atom is -0.394 e.